The van der Waals surface area contributed by atoms with E-state index in [2.05, 4.69) is 20.3 Å². The topological polar surface area (TPSA) is 55.6 Å². The third-order valence-corrected chi connectivity index (χ3v) is 1.74. The van der Waals surface area contributed by atoms with E-state index in [-0.39, 0.29) is 0 Å². The van der Waals surface area contributed by atoms with Gasteiger partial charge in [-0.15, -0.1) is 0 Å². The molecule has 72 valence electrons. The number of anilines is 1. The van der Waals surface area contributed by atoms with Crippen molar-refractivity contribution in [3.63, 3.8) is 0 Å². The molecule has 0 bridgehead atoms. The lowest BCUT2D eigenvalue weighted by Crippen LogP contribution is -2.04. The van der Waals surface area contributed by atoms with Crippen molar-refractivity contribution in [2.75, 3.05) is 11.9 Å². The quantitative estimate of drug-likeness (QED) is 0.785. The van der Waals surface area contributed by atoms with Crippen molar-refractivity contribution >= 4 is 5.95 Å². The van der Waals surface area contributed by atoms with Gasteiger partial charge in [-0.1, -0.05) is 0 Å². The molecule has 0 aromatic carbocycles. The molecule has 0 saturated carbocycles. The first-order valence-electron chi connectivity index (χ1n) is 4.45. The smallest absolute Gasteiger partial charge is 0.224 e. The Kier molecular flexibility index (Phi) is 2.40. The maximum atomic E-state index is 4.31. The van der Waals surface area contributed by atoms with Crippen LogP contribution in [0.15, 0.2) is 31.0 Å². The first kappa shape index (κ1) is 8.68. The van der Waals surface area contributed by atoms with E-state index in [1.165, 1.54) is 0 Å². The van der Waals surface area contributed by atoms with E-state index in [1.54, 1.807) is 18.7 Å². The Labute approximate surface area is 81.8 Å². The lowest BCUT2D eigenvalue weighted by Gasteiger charge is -2.03. The molecule has 0 amide bonds. The van der Waals surface area contributed by atoms with Gasteiger partial charge in [-0.05, 0) is 13.0 Å². The molecule has 2 aromatic heterocycles. The van der Waals surface area contributed by atoms with Gasteiger partial charge < -0.3 is 5.32 Å². The number of hydrogen-bond acceptors (Lipinski definition) is 4. The minimum Gasteiger partial charge on any atom is -0.354 e. The van der Waals surface area contributed by atoms with Crippen LogP contribution in [0.4, 0.5) is 5.95 Å². The molecule has 2 heterocycles. The molecule has 0 saturated heterocycles. The SMILES string of the molecule is CCNc1nccc(-n2ccnc2)n1. The van der Waals surface area contributed by atoms with Gasteiger partial charge in [0.1, 0.15) is 12.1 Å². The number of aromatic nitrogens is 4. The molecule has 0 aliphatic rings. The van der Waals surface area contributed by atoms with Gasteiger partial charge in [0.25, 0.3) is 0 Å². The monoisotopic (exact) mass is 189 g/mol. The van der Waals surface area contributed by atoms with Crippen LogP contribution < -0.4 is 5.32 Å². The fourth-order valence-electron chi connectivity index (χ4n) is 1.13. The summed E-state index contributed by atoms with van der Waals surface area (Å²) in [6.45, 7) is 2.82. The zero-order chi connectivity index (χ0) is 9.80. The van der Waals surface area contributed by atoms with Crippen LogP contribution >= 0.6 is 0 Å². The summed E-state index contributed by atoms with van der Waals surface area (Å²) in [5.41, 5.74) is 0. The van der Waals surface area contributed by atoms with E-state index >= 15 is 0 Å². The Morgan fingerprint density at radius 1 is 1.43 bits per heavy atom. The van der Waals surface area contributed by atoms with E-state index in [1.807, 2.05) is 23.8 Å². The lowest BCUT2D eigenvalue weighted by molar-refractivity contribution is 0.963. The maximum absolute atomic E-state index is 4.31. The minimum atomic E-state index is 0.638. The highest BCUT2D eigenvalue weighted by Gasteiger charge is 1.98. The van der Waals surface area contributed by atoms with E-state index in [0.717, 1.165) is 12.4 Å². The van der Waals surface area contributed by atoms with Crippen LogP contribution in [0.25, 0.3) is 5.82 Å². The fraction of sp³-hybridized carbons (Fsp3) is 0.222. The van der Waals surface area contributed by atoms with E-state index in [9.17, 15) is 0 Å². The van der Waals surface area contributed by atoms with Gasteiger partial charge in [-0.3, -0.25) is 4.57 Å². The molecule has 0 aliphatic carbocycles. The van der Waals surface area contributed by atoms with Gasteiger partial charge in [-0.2, -0.15) is 4.98 Å². The van der Waals surface area contributed by atoms with Crippen LogP contribution in [0, 0.1) is 0 Å². The van der Waals surface area contributed by atoms with Gasteiger partial charge >= 0.3 is 0 Å². The largest absolute Gasteiger partial charge is 0.354 e. The zero-order valence-electron chi connectivity index (χ0n) is 7.88. The van der Waals surface area contributed by atoms with Crippen molar-refractivity contribution in [1.29, 1.82) is 0 Å². The van der Waals surface area contributed by atoms with Crippen LogP contribution in [0.5, 0.6) is 0 Å². The average molecular weight is 189 g/mol. The fourth-order valence-corrected chi connectivity index (χ4v) is 1.13. The first-order chi connectivity index (χ1) is 6.90. The average Bonchev–Trinajstić information content (AvgIpc) is 2.71. The Morgan fingerprint density at radius 3 is 3.07 bits per heavy atom. The molecule has 2 rings (SSSR count). The van der Waals surface area contributed by atoms with Gasteiger partial charge in [0.2, 0.25) is 5.95 Å². The normalized spacial score (nSPS) is 10.1. The van der Waals surface area contributed by atoms with Gasteiger partial charge in [0, 0.05) is 25.1 Å². The van der Waals surface area contributed by atoms with Crippen LogP contribution in [0.2, 0.25) is 0 Å². The summed E-state index contributed by atoms with van der Waals surface area (Å²) in [5.74, 6) is 1.45. The second kappa shape index (κ2) is 3.87. The third kappa shape index (κ3) is 1.71. The van der Waals surface area contributed by atoms with Gasteiger partial charge in [0.15, 0.2) is 0 Å². The van der Waals surface area contributed by atoms with Gasteiger partial charge in [0.05, 0.1) is 0 Å². The van der Waals surface area contributed by atoms with Crippen molar-refractivity contribution in [2.24, 2.45) is 0 Å². The molecule has 5 nitrogen and oxygen atoms in total. The molecule has 0 aliphatic heterocycles. The van der Waals surface area contributed by atoms with E-state index in [0.29, 0.717) is 5.95 Å². The summed E-state index contributed by atoms with van der Waals surface area (Å²) >= 11 is 0. The van der Waals surface area contributed by atoms with Crippen LogP contribution in [-0.4, -0.2) is 26.1 Å². The zero-order valence-corrected chi connectivity index (χ0v) is 7.88. The number of rotatable bonds is 3. The number of hydrogen-bond donors (Lipinski definition) is 1. The second-order valence-electron chi connectivity index (χ2n) is 2.74. The number of nitrogens with one attached hydrogen (secondary N) is 1. The van der Waals surface area contributed by atoms with E-state index < -0.39 is 0 Å². The molecule has 14 heavy (non-hydrogen) atoms. The molecule has 0 spiro atoms. The molecule has 0 fully saturated rings. The van der Waals surface area contributed by atoms with Crippen molar-refractivity contribution < 1.29 is 0 Å². The second-order valence-corrected chi connectivity index (χ2v) is 2.74. The Balaban J connectivity index is 2.31. The summed E-state index contributed by atoms with van der Waals surface area (Å²) in [5, 5.41) is 3.05. The summed E-state index contributed by atoms with van der Waals surface area (Å²) in [6, 6.07) is 1.84. The number of imidazole rings is 1. The highest BCUT2D eigenvalue weighted by Crippen LogP contribution is 2.04. The standard InChI is InChI=1S/C9H11N5/c1-2-11-9-12-4-3-8(13-9)14-6-5-10-7-14/h3-7H,2H2,1H3,(H,11,12,13). The summed E-state index contributed by atoms with van der Waals surface area (Å²) in [4.78, 5) is 12.3. The summed E-state index contributed by atoms with van der Waals surface area (Å²) in [6.07, 6.45) is 6.99. The maximum Gasteiger partial charge on any atom is 0.224 e. The predicted molar refractivity (Wildman–Crippen MR) is 53.3 cm³/mol. The molecule has 5 heteroatoms. The van der Waals surface area contributed by atoms with Crippen molar-refractivity contribution in [3.05, 3.63) is 31.0 Å². The Hall–Kier alpha value is -1.91. The molecular formula is C9H11N5. The van der Waals surface area contributed by atoms with Crippen molar-refractivity contribution in [3.8, 4) is 5.82 Å². The third-order valence-electron chi connectivity index (χ3n) is 1.74. The highest BCUT2D eigenvalue weighted by molar-refractivity contribution is 5.31. The van der Waals surface area contributed by atoms with Crippen LogP contribution in [0.3, 0.4) is 0 Å². The first-order valence-corrected chi connectivity index (χ1v) is 4.45. The highest BCUT2D eigenvalue weighted by atomic mass is 15.2. The Morgan fingerprint density at radius 2 is 2.36 bits per heavy atom. The van der Waals surface area contributed by atoms with Crippen molar-refractivity contribution in [1.82, 2.24) is 19.5 Å². The van der Waals surface area contributed by atoms with Crippen LogP contribution in [0.1, 0.15) is 6.92 Å². The Bertz CT molecular complexity index is 395. The summed E-state index contributed by atoms with van der Waals surface area (Å²) < 4.78 is 1.84. The minimum absolute atomic E-state index is 0.638. The van der Waals surface area contributed by atoms with Gasteiger partial charge in [-0.25, -0.2) is 9.97 Å². The van der Waals surface area contributed by atoms with E-state index in [4.69, 9.17) is 0 Å². The molecule has 0 unspecified atom stereocenters. The molecule has 0 radical (unpaired) electrons. The van der Waals surface area contributed by atoms with Crippen LogP contribution in [-0.2, 0) is 0 Å². The molecule has 0 atom stereocenters. The molecule has 1 N–H and O–H groups in total. The lowest BCUT2D eigenvalue weighted by atomic mass is 10.5. The molecular weight excluding hydrogens is 178 g/mol. The predicted octanol–water partition coefficient (Wildman–Crippen LogP) is 1.09. The molecule has 2 aromatic rings. The summed E-state index contributed by atoms with van der Waals surface area (Å²) in [7, 11) is 0. The van der Waals surface area contributed by atoms with Crippen molar-refractivity contribution in [2.45, 2.75) is 6.92 Å². The number of nitrogens with zero attached hydrogens (tertiary/aromatic N) is 4.